The molecule has 0 bridgehead atoms. The van der Waals surface area contributed by atoms with Crippen LogP contribution in [-0.2, 0) is 11.3 Å². The molecule has 31 heavy (non-hydrogen) atoms. The summed E-state index contributed by atoms with van der Waals surface area (Å²) in [5.41, 5.74) is 6.01. The molecule has 2 aromatic carbocycles. The molecule has 0 aromatic heterocycles. The molecule has 160 valence electrons. The molecule has 2 nitrogen and oxygen atoms in total. The van der Waals surface area contributed by atoms with Gasteiger partial charge in [0.25, 0.3) is 0 Å². The zero-order valence-corrected chi connectivity index (χ0v) is 19.8. The van der Waals surface area contributed by atoms with Crippen LogP contribution in [0.3, 0.4) is 0 Å². The third kappa shape index (κ3) is 0.286. The van der Waals surface area contributed by atoms with Crippen LogP contribution in [0.2, 0.25) is 42.8 Å². The van der Waals surface area contributed by atoms with Crippen molar-refractivity contribution in [2.45, 2.75) is 60.7 Å². The quantitative estimate of drug-likeness (QED) is 0.438. The summed E-state index contributed by atoms with van der Waals surface area (Å²) in [6.07, 6.45) is 0. The van der Waals surface area contributed by atoms with E-state index in [0.29, 0.717) is 14.3 Å². The normalized spacial score (nSPS) is 75.1. The average molecular weight is 469 g/mol. The molecule has 2 aromatic rings. The Morgan fingerprint density at radius 2 is 1.32 bits per heavy atom. The number of nitrogens with two attached hydrogens (primary N) is 1. The fraction of sp³-hybridized carbons (Fsp3) is 0.519. The molecule has 12 rings (SSSR count). The number of hydrogen-bond acceptors (Lipinski definition) is 1. The monoisotopic (exact) mass is 469 g/mol. The van der Waals surface area contributed by atoms with Crippen molar-refractivity contribution in [3.05, 3.63) is 60.7 Å². The Bertz CT molecular complexity index is 1640. The summed E-state index contributed by atoms with van der Waals surface area (Å²) in [6.45, 7) is 0.957. The second-order valence-corrected chi connectivity index (χ2v) is 40.8. The molecule has 4 heteroatoms. The molecule has 10 aliphatic rings. The van der Waals surface area contributed by atoms with Crippen LogP contribution in [0.25, 0.3) is 0 Å². The third-order valence-corrected chi connectivity index (χ3v) is 69.3. The molecule has 10 fully saturated rings. The number of rotatable bonds is 6. The Morgan fingerprint density at radius 3 is 1.71 bits per heavy atom. The van der Waals surface area contributed by atoms with Gasteiger partial charge in [-0.2, -0.15) is 0 Å². The maximum absolute atomic E-state index is 12.5. The van der Waals surface area contributed by atoms with Crippen molar-refractivity contribution >= 4 is 24.4 Å². The van der Waals surface area contributed by atoms with Crippen molar-refractivity contribution in [2.75, 3.05) is 0 Å². The van der Waals surface area contributed by atoms with Gasteiger partial charge in [-0.05, 0) is 0 Å². The molecule has 0 radical (unpaired) electrons. The Labute approximate surface area is 174 Å². The molecule has 1 amide bonds. The molecule has 2 N–H and O–H groups in total. The Morgan fingerprint density at radius 1 is 0.839 bits per heavy atom. The van der Waals surface area contributed by atoms with E-state index in [1.165, 1.54) is 33.7 Å². The van der Waals surface area contributed by atoms with Crippen molar-refractivity contribution in [3.63, 3.8) is 0 Å². The predicted molar refractivity (Wildman–Crippen MR) is 122 cm³/mol. The van der Waals surface area contributed by atoms with Crippen molar-refractivity contribution in [2.24, 2.45) is 17.6 Å². The number of amides is 1. The van der Waals surface area contributed by atoms with Crippen LogP contribution in [0.4, 0.5) is 0 Å². The van der Waals surface area contributed by atoms with Crippen molar-refractivity contribution in [3.8, 4) is 0 Å². The molecular formula is C27H28FeNOP. The van der Waals surface area contributed by atoms with Crippen molar-refractivity contribution in [1.82, 2.24) is 0 Å². The Balaban J connectivity index is 1.25. The molecule has 0 aliphatic carbocycles. The SMILES string of the molecule is CC(C(N)=O)C(C)[C@@]12[CH]3[CH]4[CH]5[C]1(P(c1ccccc1)c1ccccc1)[Fe]45321678[CH]2[CH]1[CH]6[CH]7[CH]28. The van der Waals surface area contributed by atoms with Gasteiger partial charge in [-0.1, -0.05) is 0 Å². The molecular weight excluding hydrogens is 441 g/mol. The van der Waals surface area contributed by atoms with Crippen LogP contribution in [0.5, 0.6) is 0 Å². The van der Waals surface area contributed by atoms with E-state index >= 15 is 0 Å². The second-order valence-electron chi connectivity index (χ2n) is 14.8. The zero-order chi connectivity index (χ0) is 20.5. The topological polar surface area (TPSA) is 43.1 Å². The van der Waals surface area contributed by atoms with Crippen LogP contribution in [-0.4, -0.2) is 9.96 Å². The second kappa shape index (κ2) is 1.93. The molecule has 6 unspecified atom stereocenters. The van der Waals surface area contributed by atoms with E-state index in [4.69, 9.17) is 5.73 Å². The molecule has 10 heterocycles. The first-order valence-corrected chi connectivity index (χ1v) is 19.7. The van der Waals surface area contributed by atoms with Crippen LogP contribution < -0.4 is 16.3 Å². The van der Waals surface area contributed by atoms with Crippen molar-refractivity contribution < 1.29 is 11.3 Å². The van der Waals surface area contributed by atoms with Gasteiger partial charge in [-0.25, -0.2) is 0 Å². The van der Waals surface area contributed by atoms with E-state index < -0.39 is 6.51 Å². The first kappa shape index (κ1) is 14.9. The summed E-state index contributed by atoms with van der Waals surface area (Å²) in [6, 6.07) is 23.3. The maximum atomic E-state index is 12.5. The minimum absolute atomic E-state index is 0.0395. The summed E-state index contributed by atoms with van der Waals surface area (Å²) < 4.78 is 1.27. The van der Waals surface area contributed by atoms with Gasteiger partial charge >= 0.3 is 175 Å². The van der Waals surface area contributed by atoms with Gasteiger partial charge in [-0.3, -0.25) is 0 Å². The fourth-order valence-electron chi connectivity index (χ4n) is 20.9. The summed E-state index contributed by atoms with van der Waals surface area (Å²) in [5.74, 6) is 0.522. The predicted octanol–water partition coefficient (Wildman–Crippen LogP) is 5.54. The number of carbonyl (C=O) groups excluding carboxylic acids is 1. The van der Waals surface area contributed by atoms with Gasteiger partial charge in [-0.15, -0.1) is 0 Å². The van der Waals surface area contributed by atoms with E-state index in [1.54, 1.807) is 10.6 Å². The Hall–Kier alpha value is -1.14. The summed E-state index contributed by atoms with van der Waals surface area (Å²) in [5, 5.41) is 3.27. The van der Waals surface area contributed by atoms with Gasteiger partial charge in [0, 0.05) is 0 Å². The number of carbonyl (C=O) groups is 1. The summed E-state index contributed by atoms with van der Waals surface area (Å²) in [7, 11) is -0.345. The molecule has 1 spiro atoms. The van der Waals surface area contributed by atoms with Crippen molar-refractivity contribution in [1.29, 1.82) is 0 Å². The van der Waals surface area contributed by atoms with Crippen LogP contribution >= 0.6 is 7.92 Å². The van der Waals surface area contributed by atoms with Gasteiger partial charge in [0.1, 0.15) is 0 Å². The van der Waals surface area contributed by atoms with Crippen LogP contribution in [0.15, 0.2) is 60.7 Å². The number of hydrogen-bond donors (Lipinski definition) is 1. The number of primary amides is 1. The third-order valence-electron chi connectivity index (χ3n) is 19.1. The van der Waals surface area contributed by atoms with Crippen LogP contribution in [0.1, 0.15) is 13.8 Å². The van der Waals surface area contributed by atoms with Gasteiger partial charge in [0.05, 0.1) is 0 Å². The fourth-order valence-corrected chi connectivity index (χ4v) is 113. The minimum atomic E-state index is -3.73. The van der Waals surface area contributed by atoms with Gasteiger partial charge < -0.3 is 0 Å². The molecule has 10 aliphatic heterocycles. The Kier molecular flexibility index (Phi) is 0.925. The van der Waals surface area contributed by atoms with E-state index in [1.807, 2.05) is 0 Å². The summed E-state index contributed by atoms with van der Waals surface area (Å²) >= 11 is 0. The first-order chi connectivity index (χ1) is 14.8. The van der Waals surface area contributed by atoms with E-state index in [9.17, 15) is 4.79 Å². The van der Waals surface area contributed by atoms with Gasteiger partial charge in [0.2, 0.25) is 0 Å². The first-order valence-electron chi connectivity index (χ1n) is 12.2. The average Bonchev–Trinajstić information content (AvgIpc) is 3.74. The standard InChI is InChI=1S/C22H23NOP.C5H5.Fe/c1-16(17(2)22(23)24)20-14-9-15-21(20)25(18-10-5-3-6-11-18)19-12-7-4-8-13-19;1-2-4-5-3-1;/h3-17H,1-2H3,(H2,23,24);1-5H;. The van der Waals surface area contributed by atoms with E-state index in [0.717, 1.165) is 4.82 Å². The van der Waals surface area contributed by atoms with Gasteiger partial charge in [0.15, 0.2) is 0 Å². The number of fused-ring (bicyclic) bond motifs is 10. The van der Waals surface area contributed by atoms with E-state index in [2.05, 4.69) is 74.5 Å². The number of benzene rings is 2. The molecule has 7 atom stereocenters. The molecule has 10 saturated heterocycles. The van der Waals surface area contributed by atoms with E-state index in [-0.39, 0.29) is 19.7 Å². The van der Waals surface area contributed by atoms with Crippen LogP contribution in [0, 0.1) is 11.8 Å². The molecule has 0 saturated carbocycles. The summed E-state index contributed by atoms with van der Waals surface area (Å²) in [4.78, 5) is 22.2. The zero-order valence-electron chi connectivity index (χ0n) is 17.8.